The molecule has 10 aromatic rings. The van der Waals surface area contributed by atoms with Crippen LogP contribution in [-0.4, -0.2) is 19.5 Å². The molecule has 5 heteroatoms. The molecule has 2 heterocycles. The third kappa shape index (κ3) is 12.4. The van der Waals surface area contributed by atoms with E-state index in [-0.39, 0.29) is 0 Å². The van der Waals surface area contributed by atoms with E-state index < -0.39 is 0 Å². The van der Waals surface area contributed by atoms with E-state index in [1.807, 2.05) is 120 Å². The minimum Gasteiger partial charge on any atom is -0.355 e. The van der Waals surface area contributed by atoms with Gasteiger partial charge in [-0.15, -0.1) is 6.58 Å². The summed E-state index contributed by atoms with van der Waals surface area (Å²) < 4.78 is 2.37. The molecular formula is C66H63N5. The predicted molar refractivity (Wildman–Crippen MR) is 310 cm³/mol. The zero-order valence-corrected chi connectivity index (χ0v) is 41.7. The number of hydrogen-bond acceptors (Lipinski definition) is 4. The van der Waals surface area contributed by atoms with Gasteiger partial charge in [0.25, 0.3) is 0 Å². The summed E-state index contributed by atoms with van der Waals surface area (Å²) in [4.78, 5) is 14.8. The van der Waals surface area contributed by atoms with Gasteiger partial charge in [0.1, 0.15) is 0 Å². The summed E-state index contributed by atoms with van der Waals surface area (Å²) in [5, 5.41) is 8.50. The lowest BCUT2D eigenvalue weighted by Gasteiger charge is -2.15. The molecule has 352 valence electrons. The van der Waals surface area contributed by atoms with Crippen molar-refractivity contribution in [2.45, 2.75) is 34.6 Å². The summed E-state index contributed by atoms with van der Waals surface area (Å²) in [7, 11) is 0. The topological polar surface area (TPSA) is 55.6 Å². The number of nitrogens with one attached hydrogen (secondary N) is 1. The van der Waals surface area contributed by atoms with Crippen LogP contribution >= 0.6 is 0 Å². The smallest absolute Gasteiger partial charge is 0.164 e. The van der Waals surface area contributed by atoms with Crippen molar-refractivity contribution in [3.05, 3.63) is 262 Å². The van der Waals surface area contributed by atoms with Crippen LogP contribution in [-0.2, 0) is 0 Å². The van der Waals surface area contributed by atoms with E-state index in [1.54, 1.807) is 18.2 Å². The Hall–Kier alpha value is -8.93. The van der Waals surface area contributed by atoms with Crippen molar-refractivity contribution in [1.82, 2.24) is 19.5 Å². The van der Waals surface area contributed by atoms with Crippen LogP contribution in [0.5, 0.6) is 0 Å². The van der Waals surface area contributed by atoms with Crippen molar-refractivity contribution < 1.29 is 0 Å². The molecule has 8 aromatic carbocycles. The normalized spacial score (nSPS) is 10.4. The zero-order valence-electron chi connectivity index (χ0n) is 41.7. The highest BCUT2D eigenvalue weighted by Gasteiger charge is 2.19. The van der Waals surface area contributed by atoms with Gasteiger partial charge in [-0.05, 0) is 85.3 Å². The van der Waals surface area contributed by atoms with Crippen molar-refractivity contribution in [3.8, 4) is 51.0 Å². The molecule has 0 radical (unpaired) electrons. The highest BCUT2D eigenvalue weighted by atomic mass is 15.0. The lowest BCUT2D eigenvalue weighted by Crippen LogP contribution is -2.00. The largest absolute Gasteiger partial charge is 0.355 e. The van der Waals surface area contributed by atoms with Gasteiger partial charge < -0.3 is 9.88 Å². The first-order valence-corrected chi connectivity index (χ1v) is 23.9. The average Bonchev–Trinajstić information content (AvgIpc) is 3.79. The van der Waals surface area contributed by atoms with Gasteiger partial charge in [0.05, 0.1) is 16.7 Å². The zero-order chi connectivity index (χ0) is 50.5. The van der Waals surface area contributed by atoms with E-state index in [0.717, 1.165) is 61.5 Å². The molecule has 0 fully saturated rings. The number of nitrogens with zero attached hydrogens (tertiary/aromatic N) is 4. The number of rotatable bonds is 10. The third-order valence-electron chi connectivity index (χ3n) is 11.3. The quantitative estimate of drug-likeness (QED) is 0.110. The van der Waals surface area contributed by atoms with Gasteiger partial charge in [-0.3, -0.25) is 0 Å². The van der Waals surface area contributed by atoms with E-state index in [4.69, 9.17) is 15.0 Å². The van der Waals surface area contributed by atoms with Crippen molar-refractivity contribution in [2.75, 3.05) is 5.32 Å². The number of hydrogen-bond donors (Lipinski definition) is 1. The summed E-state index contributed by atoms with van der Waals surface area (Å²) in [6, 6.07) is 65.3. The van der Waals surface area contributed by atoms with Gasteiger partial charge in [-0.2, -0.15) is 0 Å². The Morgan fingerprint density at radius 3 is 1.54 bits per heavy atom. The summed E-state index contributed by atoms with van der Waals surface area (Å²) in [5.41, 5.74) is 12.8. The molecule has 0 amide bonds. The molecule has 1 N–H and O–H groups in total. The maximum Gasteiger partial charge on any atom is 0.164 e. The molecule has 0 aliphatic carbocycles. The molecule has 5 nitrogen and oxygen atoms in total. The Balaban J connectivity index is 0.000000488. The Labute approximate surface area is 421 Å². The van der Waals surface area contributed by atoms with Gasteiger partial charge in [0.15, 0.2) is 17.5 Å². The van der Waals surface area contributed by atoms with Crippen LogP contribution < -0.4 is 5.32 Å². The predicted octanol–water partition coefficient (Wildman–Crippen LogP) is 18.9. The Kier molecular flexibility index (Phi) is 18.8. The molecule has 0 aliphatic heterocycles. The Morgan fingerprint density at radius 2 is 1.00 bits per heavy atom. The fourth-order valence-electron chi connectivity index (χ4n) is 7.84. The number of allylic oxidation sites excluding steroid dienone is 6. The molecule has 0 atom stereocenters. The molecule has 0 aliphatic rings. The first-order valence-electron chi connectivity index (χ1n) is 23.9. The van der Waals surface area contributed by atoms with Gasteiger partial charge in [-0.25, -0.2) is 15.0 Å². The molecule has 0 unspecified atom stereocenters. The van der Waals surface area contributed by atoms with Crippen molar-refractivity contribution >= 4 is 50.0 Å². The second kappa shape index (κ2) is 26.0. The molecule has 0 saturated heterocycles. The highest BCUT2D eigenvalue weighted by molar-refractivity contribution is 6.25. The monoisotopic (exact) mass is 926 g/mol. The van der Waals surface area contributed by atoms with Crippen LogP contribution in [0.25, 0.3) is 89.6 Å². The molecule has 71 heavy (non-hydrogen) atoms. The Bertz CT molecular complexity index is 3340. The molecular weight excluding hydrogens is 863 g/mol. The van der Waals surface area contributed by atoms with Crippen LogP contribution in [0, 0.1) is 0 Å². The SMILES string of the molecule is C=C/C(C)=C/C.C=CC.C=CC=C.C=Cc1ccc2ccc3c(c4ccccc4n3-c3ccc(-c4cccc(-c5nc(-c6ccccc6)nc(-c6ccccc6)n5)c4)cc3)c2c1Nc1ccccc1.CC. The van der Waals surface area contributed by atoms with Crippen LogP contribution in [0.15, 0.2) is 257 Å². The van der Waals surface area contributed by atoms with Gasteiger partial charge in [0, 0.05) is 44.2 Å². The molecule has 2 aromatic heterocycles. The van der Waals surface area contributed by atoms with Gasteiger partial charge in [-0.1, -0.05) is 228 Å². The van der Waals surface area contributed by atoms with Crippen LogP contribution in [0.3, 0.4) is 0 Å². The van der Waals surface area contributed by atoms with Crippen molar-refractivity contribution in [1.29, 1.82) is 0 Å². The molecule has 10 rings (SSSR count). The van der Waals surface area contributed by atoms with Crippen molar-refractivity contribution in [3.63, 3.8) is 0 Å². The van der Waals surface area contributed by atoms with E-state index in [9.17, 15) is 0 Å². The minimum absolute atomic E-state index is 0.634. The fraction of sp³-hybridized carbons (Fsp3) is 0.0758. The van der Waals surface area contributed by atoms with Crippen LogP contribution in [0.2, 0.25) is 0 Å². The van der Waals surface area contributed by atoms with Crippen molar-refractivity contribution in [2.24, 2.45) is 0 Å². The summed E-state index contributed by atoms with van der Waals surface area (Å²) >= 11 is 0. The van der Waals surface area contributed by atoms with E-state index >= 15 is 0 Å². The first kappa shape index (κ1) is 51.5. The van der Waals surface area contributed by atoms with E-state index in [0.29, 0.717) is 17.5 Å². The number of benzene rings is 8. The maximum absolute atomic E-state index is 4.97. The second-order valence-electron chi connectivity index (χ2n) is 15.9. The van der Waals surface area contributed by atoms with Gasteiger partial charge >= 0.3 is 0 Å². The fourth-order valence-corrected chi connectivity index (χ4v) is 7.84. The minimum atomic E-state index is 0.634. The van der Waals surface area contributed by atoms with Crippen LogP contribution in [0.1, 0.15) is 40.2 Å². The molecule has 0 saturated carbocycles. The summed E-state index contributed by atoms with van der Waals surface area (Å²) in [5.74, 6) is 1.92. The summed E-state index contributed by atoms with van der Waals surface area (Å²) in [6.07, 6.45) is 10.8. The highest BCUT2D eigenvalue weighted by Crippen LogP contribution is 2.42. The summed E-state index contributed by atoms with van der Waals surface area (Å²) in [6.45, 7) is 27.7. The number of para-hydroxylation sites is 2. The second-order valence-corrected chi connectivity index (χ2v) is 15.9. The third-order valence-corrected chi connectivity index (χ3v) is 11.3. The lowest BCUT2D eigenvalue weighted by molar-refractivity contribution is 1.07. The molecule has 0 spiro atoms. The number of aromatic nitrogens is 4. The Morgan fingerprint density at radius 1 is 0.493 bits per heavy atom. The number of anilines is 2. The molecule has 0 bridgehead atoms. The maximum atomic E-state index is 4.97. The van der Waals surface area contributed by atoms with E-state index in [2.05, 4.69) is 164 Å². The number of fused-ring (bicyclic) bond motifs is 5. The average molecular weight is 926 g/mol. The standard InChI is InChI=1S/C51H35N5.C6H10.C4H6.C3H6.C2H6/c1-2-34-25-26-36-29-32-45-47(46(36)48(34)52-41-21-10-5-11-22-41)43-23-12-13-24-44(43)56(45)42-30-27-35(28-31-42)39-19-14-20-40(33-39)51-54-49(37-15-6-3-7-16-37)53-50(55-51)38-17-8-4-9-18-38;1-4-6(3)5-2;1-3-4-2;1-3-2;1-2/h2-33,52H,1H2;4-5H,1H2,2-3H3;3-4H,1-2H2;3H,1H2,2H3;1-2H3/b;6-5+;;;. The van der Waals surface area contributed by atoms with Crippen LogP contribution in [0.4, 0.5) is 11.4 Å². The van der Waals surface area contributed by atoms with E-state index in [1.165, 1.54) is 27.1 Å². The lowest BCUT2D eigenvalue weighted by atomic mass is 9.98. The van der Waals surface area contributed by atoms with Gasteiger partial charge in [0.2, 0.25) is 0 Å². The first-order chi connectivity index (χ1) is 34.8.